The molecule has 226 valence electrons. The molecule has 0 aliphatic carbocycles. The minimum absolute atomic E-state index is 0.0605. The lowest BCUT2D eigenvalue weighted by Crippen LogP contribution is -2.56. The second-order valence-electron chi connectivity index (χ2n) is 10.4. The molecule has 1 heterocycles. The van der Waals surface area contributed by atoms with Crippen LogP contribution < -0.4 is 32.2 Å². The summed E-state index contributed by atoms with van der Waals surface area (Å²) in [5.74, 6) is -0.569. The molecule has 1 unspecified atom stereocenters. The van der Waals surface area contributed by atoms with E-state index in [-0.39, 0.29) is 36.5 Å². The molecule has 0 spiro atoms. The van der Waals surface area contributed by atoms with Crippen LogP contribution in [0.15, 0.2) is 42.5 Å². The zero-order valence-electron chi connectivity index (χ0n) is 24.5. The van der Waals surface area contributed by atoms with Gasteiger partial charge in [-0.2, -0.15) is 0 Å². The van der Waals surface area contributed by atoms with Crippen LogP contribution in [0.4, 0.5) is 0 Å². The number of likely N-dealkylation sites (N-methyl/N-ethyl adjacent to an activating group) is 1. The maximum absolute atomic E-state index is 13.3. The van der Waals surface area contributed by atoms with Gasteiger partial charge < -0.3 is 37.1 Å². The Morgan fingerprint density at radius 3 is 2.29 bits per heavy atom. The van der Waals surface area contributed by atoms with Crippen LogP contribution in [-0.4, -0.2) is 79.2 Å². The monoisotopic (exact) mass is 578 g/mol. The van der Waals surface area contributed by atoms with Crippen molar-refractivity contribution >= 4 is 29.4 Å². The number of amidine groups is 2. The van der Waals surface area contributed by atoms with Crippen molar-refractivity contribution in [1.29, 1.82) is 10.8 Å². The molecule has 1 aliphatic rings. The van der Waals surface area contributed by atoms with E-state index >= 15 is 0 Å². The highest BCUT2D eigenvalue weighted by Crippen LogP contribution is 2.22. The van der Waals surface area contributed by atoms with Gasteiger partial charge in [0.15, 0.2) is 0 Å². The number of rotatable bonds is 5. The number of benzene rings is 2. The van der Waals surface area contributed by atoms with E-state index in [0.29, 0.717) is 49.2 Å². The number of ether oxygens (including phenoxy) is 1. The number of nitrogens with two attached hydrogens (primary N) is 2. The summed E-state index contributed by atoms with van der Waals surface area (Å²) in [5.41, 5.74) is 14.0. The van der Waals surface area contributed by atoms with E-state index in [1.54, 1.807) is 50.4 Å². The van der Waals surface area contributed by atoms with Gasteiger partial charge in [-0.25, -0.2) is 0 Å². The first kappa shape index (κ1) is 32.1. The normalized spacial score (nSPS) is 21.2. The highest BCUT2D eigenvalue weighted by atomic mass is 16.5. The molecule has 0 fully saturated rings. The first-order valence-corrected chi connectivity index (χ1v) is 14.1. The number of carbonyl (C=O) groups excluding carboxylic acids is 3. The molecule has 3 atom stereocenters. The molecule has 0 aromatic heterocycles. The van der Waals surface area contributed by atoms with Gasteiger partial charge >= 0.3 is 0 Å². The third kappa shape index (κ3) is 8.53. The van der Waals surface area contributed by atoms with Crippen molar-refractivity contribution in [3.63, 3.8) is 0 Å². The number of nitrogen functional groups attached to an aromatic ring is 2. The van der Waals surface area contributed by atoms with Crippen molar-refractivity contribution in [2.75, 3.05) is 26.7 Å². The number of aryl methyl sites for hydroxylation is 1. The standard InChI is InChI=1S/C30H42N8O4/c1-4-23-30(41)38(3)18(2)28(39)37-24(16-19-7-9-21(10-8-19)26(31)32)29(40)36-13-5-6-20-11-12-22(27(33)34)17-25(20)42-15-14-35-23/h7-12,17-18,23-24,35H,4-6,13-16H2,1-3H3,(H3,31,32)(H3,33,34)(H,36,40)(H,37,39)/t18-,23?,24-/m1/s1. The topological polar surface area (TPSA) is 200 Å². The van der Waals surface area contributed by atoms with Crippen LogP contribution in [0.5, 0.6) is 5.75 Å². The Kier molecular flexibility index (Phi) is 11.4. The van der Waals surface area contributed by atoms with Gasteiger partial charge in [0, 0.05) is 37.7 Å². The Balaban J connectivity index is 1.86. The fourth-order valence-corrected chi connectivity index (χ4v) is 4.65. The minimum Gasteiger partial charge on any atom is -0.492 e. The zero-order chi connectivity index (χ0) is 30.8. The molecule has 9 N–H and O–H groups in total. The zero-order valence-corrected chi connectivity index (χ0v) is 24.5. The lowest BCUT2D eigenvalue weighted by molar-refractivity contribution is -0.140. The van der Waals surface area contributed by atoms with Gasteiger partial charge in [-0.15, -0.1) is 0 Å². The quantitative estimate of drug-likeness (QED) is 0.199. The molecule has 2 aromatic rings. The Morgan fingerprint density at radius 2 is 1.64 bits per heavy atom. The SMILES string of the molecule is CCC1NCCOc2cc(C(=N)N)ccc2CCCNC(=O)[C@@H](Cc2ccc(C(=N)N)cc2)NC(=O)[C@@H](C)N(C)C1=O. The van der Waals surface area contributed by atoms with Crippen molar-refractivity contribution in [2.24, 2.45) is 11.5 Å². The van der Waals surface area contributed by atoms with E-state index < -0.39 is 24.0 Å². The van der Waals surface area contributed by atoms with Gasteiger partial charge in [-0.1, -0.05) is 43.3 Å². The molecule has 2 aromatic carbocycles. The molecule has 0 radical (unpaired) electrons. The Bertz CT molecular complexity index is 1300. The first-order chi connectivity index (χ1) is 20.0. The molecular weight excluding hydrogens is 536 g/mol. The Hall–Kier alpha value is -4.45. The largest absolute Gasteiger partial charge is 0.492 e. The van der Waals surface area contributed by atoms with Gasteiger partial charge in [0.1, 0.15) is 36.1 Å². The van der Waals surface area contributed by atoms with Crippen LogP contribution in [0.3, 0.4) is 0 Å². The van der Waals surface area contributed by atoms with Crippen molar-refractivity contribution in [3.8, 4) is 5.75 Å². The molecule has 12 heteroatoms. The van der Waals surface area contributed by atoms with Gasteiger partial charge in [-0.3, -0.25) is 25.2 Å². The number of hydrogen-bond acceptors (Lipinski definition) is 7. The van der Waals surface area contributed by atoms with Crippen molar-refractivity contribution in [2.45, 2.75) is 57.7 Å². The van der Waals surface area contributed by atoms with E-state index in [2.05, 4.69) is 16.0 Å². The number of nitrogens with zero attached hydrogens (tertiary/aromatic N) is 1. The second-order valence-corrected chi connectivity index (χ2v) is 10.4. The summed E-state index contributed by atoms with van der Waals surface area (Å²) in [5, 5.41) is 24.4. The first-order valence-electron chi connectivity index (χ1n) is 14.1. The van der Waals surface area contributed by atoms with Gasteiger partial charge in [0.25, 0.3) is 0 Å². The molecule has 42 heavy (non-hydrogen) atoms. The van der Waals surface area contributed by atoms with E-state index in [9.17, 15) is 14.4 Å². The number of fused-ring (bicyclic) bond motifs is 1. The van der Waals surface area contributed by atoms with Crippen molar-refractivity contribution < 1.29 is 19.1 Å². The Morgan fingerprint density at radius 1 is 0.976 bits per heavy atom. The summed E-state index contributed by atoms with van der Waals surface area (Å²) in [6.45, 7) is 4.54. The maximum atomic E-state index is 13.3. The van der Waals surface area contributed by atoms with Gasteiger partial charge in [-0.05, 0) is 43.4 Å². The van der Waals surface area contributed by atoms with Crippen molar-refractivity contribution in [1.82, 2.24) is 20.9 Å². The predicted octanol–water partition coefficient (Wildman–Crippen LogP) is 0.639. The number of amides is 3. The van der Waals surface area contributed by atoms with Crippen LogP contribution in [0, 0.1) is 10.8 Å². The summed E-state index contributed by atoms with van der Waals surface area (Å²) >= 11 is 0. The number of nitrogens with one attached hydrogen (secondary N) is 5. The smallest absolute Gasteiger partial charge is 0.243 e. The summed E-state index contributed by atoms with van der Waals surface area (Å²) in [7, 11) is 1.57. The second kappa shape index (κ2) is 15.0. The molecule has 3 amide bonds. The number of carbonyl (C=O) groups is 3. The molecular formula is C30H42N8O4. The molecule has 0 saturated heterocycles. The van der Waals surface area contributed by atoms with Crippen LogP contribution in [0.1, 0.15) is 48.9 Å². The van der Waals surface area contributed by atoms with E-state index in [1.807, 2.05) is 13.0 Å². The summed E-state index contributed by atoms with van der Waals surface area (Å²) in [6.07, 6.45) is 1.93. The average Bonchev–Trinajstić information content (AvgIpc) is 2.97. The molecule has 0 saturated carbocycles. The lowest BCUT2D eigenvalue weighted by atomic mass is 10.0. The van der Waals surface area contributed by atoms with E-state index in [1.165, 1.54) is 4.90 Å². The molecule has 1 aliphatic heterocycles. The lowest BCUT2D eigenvalue weighted by Gasteiger charge is -2.30. The van der Waals surface area contributed by atoms with Crippen LogP contribution in [-0.2, 0) is 27.2 Å². The number of hydrogen-bond donors (Lipinski definition) is 7. The van der Waals surface area contributed by atoms with Crippen molar-refractivity contribution in [3.05, 3.63) is 64.7 Å². The highest BCUT2D eigenvalue weighted by molar-refractivity contribution is 5.96. The summed E-state index contributed by atoms with van der Waals surface area (Å²) in [6, 6.07) is 10.0. The average molecular weight is 579 g/mol. The van der Waals surface area contributed by atoms with Crippen LogP contribution in [0.25, 0.3) is 0 Å². The third-order valence-electron chi connectivity index (χ3n) is 7.40. The minimum atomic E-state index is -0.889. The molecule has 3 rings (SSSR count). The van der Waals surface area contributed by atoms with E-state index in [0.717, 1.165) is 11.1 Å². The molecule has 0 bridgehead atoms. The maximum Gasteiger partial charge on any atom is 0.243 e. The summed E-state index contributed by atoms with van der Waals surface area (Å²) < 4.78 is 6.03. The predicted molar refractivity (Wildman–Crippen MR) is 162 cm³/mol. The van der Waals surface area contributed by atoms with Crippen LogP contribution in [0.2, 0.25) is 0 Å². The molecule has 12 nitrogen and oxygen atoms in total. The summed E-state index contributed by atoms with van der Waals surface area (Å²) in [4.78, 5) is 41.2. The Labute approximate surface area is 246 Å². The highest BCUT2D eigenvalue weighted by Gasteiger charge is 2.30. The van der Waals surface area contributed by atoms with E-state index in [4.69, 9.17) is 27.0 Å². The van der Waals surface area contributed by atoms with Crippen LogP contribution >= 0.6 is 0 Å². The van der Waals surface area contributed by atoms with Gasteiger partial charge in [0.2, 0.25) is 17.7 Å². The fourth-order valence-electron chi connectivity index (χ4n) is 4.65. The fraction of sp³-hybridized carbons (Fsp3) is 0.433. The van der Waals surface area contributed by atoms with Gasteiger partial charge in [0.05, 0.1) is 6.04 Å². The third-order valence-corrected chi connectivity index (χ3v) is 7.40.